The number of carbonyl (C=O) groups is 1. The Balaban J connectivity index is 2.01. The van der Waals surface area contributed by atoms with E-state index in [9.17, 15) is 4.79 Å². The maximum atomic E-state index is 11.6. The summed E-state index contributed by atoms with van der Waals surface area (Å²) in [5.41, 5.74) is 0.380. The van der Waals surface area contributed by atoms with Gasteiger partial charge in [0.1, 0.15) is 17.3 Å². The molecule has 0 aromatic carbocycles. The standard InChI is InChI=1S/C13H19NO2S/c1-12(2)9-4-5-13(12,3)10(6-9)16-11(15)7-17-8-14/h9-10H,4-7H2,1-3H3/t9-,10+,13-/m1/s1. The Kier molecular flexibility index (Phi) is 3.15. The number of hydrogen-bond donors (Lipinski definition) is 0. The van der Waals surface area contributed by atoms with Gasteiger partial charge >= 0.3 is 5.97 Å². The van der Waals surface area contributed by atoms with Crippen LogP contribution in [0.2, 0.25) is 0 Å². The normalized spacial score (nSPS) is 37.8. The van der Waals surface area contributed by atoms with Crippen LogP contribution >= 0.6 is 11.8 Å². The van der Waals surface area contributed by atoms with E-state index in [2.05, 4.69) is 20.8 Å². The molecule has 2 fully saturated rings. The molecule has 2 bridgehead atoms. The predicted octanol–water partition coefficient (Wildman–Crippen LogP) is 2.96. The topological polar surface area (TPSA) is 50.1 Å². The summed E-state index contributed by atoms with van der Waals surface area (Å²) in [6.45, 7) is 6.83. The maximum Gasteiger partial charge on any atom is 0.317 e. The Morgan fingerprint density at radius 1 is 1.53 bits per heavy atom. The number of thiocyanates is 1. The van der Waals surface area contributed by atoms with Gasteiger partial charge in [0.25, 0.3) is 0 Å². The fraction of sp³-hybridized carbons (Fsp3) is 0.846. The number of carbonyl (C=O) groups excluding carboxylic acids is 1. The second-order valence-electron chi connectivity index (χ2n) is 5.97. The number of rotatable bonds is 3. The molecule has 0 aromatic rings. The quantitative estimate of drug-likeness (QED) is 0.573. The first-order valence-corrected chi connectivity index (χ1v) is 7.11. The van der Waals surface area contributed by atoms with E-state index in [1.165, 1.54) is 6.42 Å². The van der Waals surface area contributed by atoms with Gasteiger partial charge in [-0.2, -0.15) is 5.26 Å². The molecule has 3 atom stereocenters. The molecule has 0 saturated heterocycles. The highest BCUT2D eigenvalue weighted by molar-refractivity contribution is 8.04. The lowest BCUT2D eigenvalue weighted by atomic mass is 9.70. The number of fused-ring (bicyclic) bond motifs is 2. The predicted molar refractivity (Wildman–Crippen MR) is 67.2 cm³/mol. The van der Waals surface area contributed by atoms with E-state index >= 15 is 0 Å². The first-order valence-electron chi connectivity index (χ1n) is 6.12. The molecule has 3 nitrogen and oxygen atoms in total. The number of nitriles is 1. The summed E-state index contributed by atoms with van der Waals surface area (Å²) in [6.07, 6.45) is 3.44. The van der Waals surface area contributed by atoms with Crippen molar-refractivity contribution in [3.05, 3.63) is 0 Å². The summed E-state index contributed by atoms with van der Waals surface area (Å²) >= 11 is 0.949. The maximum absolute atomic E-state index is 11.6. The Morgan fingerprint density at radius 2 is 2.24 bits per heavy atom. The van der Waals surface area contributed by atoms with Crippen LogP contribution in [0.25, 0.3) is 0 Å². The van der Waals surface area contributed by atoms with Crippen LogP contribution in [-0.4, -0.2) is 17.8 Å². The van der Waals surface area contributed by atoms with Gasteiger partial charge in [-0.1, -0.05) is 20.8 Å². The van der Waals surface area contributed by atoms with Crippen LogP contribution in [0.3, 0.4) is 0 Å². The Bertz CT molecular complexity index is 374. The van der Waals surface area contributed by atoms with Crippen molar-refractivity contribution in [2.45, 2.75) is 46.1 Å². The van der Waals surface area contributed by atoms with Crippen molar-refractivity contribution in [1.82, 2.24) is 0 Å². The van der Waals surface area contributed by atoms with Crippen molar-refractivity contribution in [1.29, 1.82) is 5.26 Å². The largest absolute Gasteiger partial charge is 0.461 e. The van der Waals surface area contributed by atoms with E-state index in [-0.39, 0.29) is 28.7 Å². The highest BCUT2D eigenvalue weighted by Crippen LogP contribution is 2.66. The lowest BCUT2D eigenvalue weighted by molar-refractivity contribution is -0.153. The van der Waals surface area contributed by atoms with Gasteiger partial charge in [0.15, 0.2) is 0 Å². The summed E-state index contributed by atoms with van der Waals surface area (Å²) in [4.78, 5) is 11.6. The van der Waals surface area contributed by atoms with Gasteiger partial charge in [0.2, 0.25) is 0 Å². The van der Waals surface area contributed by atoms with E-state index in [4.69, 9.17) is 10.00 Å². The smallest absolute Gasteiger partial charge is 0.317 e. The van der Waals surface area contributed by atoms with E-state index in [1.54, 1.807) is 0 Å². The molecule has 2 rings (SSSR count). The number of ether oxygens (including phenoxy) is 1. The minimum atomic E-state index is -0.244. The molecule has 0 radical (unpaired) electrons. The van der Waals surface area contributed by atoms with E-state index in [0.717, 1.165) is 24.6 Å². The van der Waals surface area contributed by atoms with Crippen LogP contribution in [0, 0.1) is 27.4 Å². The molecule has 0 aliphatic heterocycles. The number of thioether (sulfide) groups is 1. The first-order chi connectivity index (χ1) is 7.91. The fourth-order valence-corrected chi connectivity index (χ4v) is 3.84. The SMILES string of the molecule is CC1(C)[C@@H]2CC[C@]1(C)[C@@H](OC(=O)CSC#N)C2. The van der Waals surface area contributed by atoms with Crippen LogP contribution in [-0.2, 0) is 9.53 Å². The number of nitrogens with zero attached hydrogens (tertiary/aromatic N) is 1. The molecular formula is C13H19NO2S. The molecule has 0 amide bonds. The third kappa shape index (κ3) is 1.85. The van der Waals surface area contributed by atoms with Crippen molar-refractivity contribution in [2.24, 2.45) is 16.7 Å². The molecule has 2 aliphatic rings. The van der Waals surface area contributed by atoms with E-state index < -0.39 is 0 Å². The zero-order valence-corrected chi connectivity index (χ0v) is 11.5. The van der Waals surface area contributed by atoms with Crippen LogP contribution in [0.4, 0.5) is 0 Å². The monoisotopic (exact) mass is 253 g/mol. The second-order valence-corrected chi connectivity index (χ2v) is 6.73. The highest BCUT2D eigenvalue weighted by Gasteiger charge is 2.62. The minimum Gasteiger partial charge on any atom is -0.461 e. The molecule has 0 spiro atoms. The van der Waals surface area contributed by atoms with Gasteiger partial charge in [0, 0.05) is 5.41 Å². The number of hydrogen-bond acceptors (Lipinski definition) is 4. The summed E-state index contributed by atoms with van der Waals surface area (Å²) in [5.74, 6) is 0.578. The summed E-state index contributed by atoms with van der Waals surface area (Å²) in [7, 11) is 0. The average molecular weight is 253 g/mol. The van der Waals surface area contributed by atoms with Gasteiger partial charge in [-0.05, 0) is 42.4 Å². The van der Waals surface area contributed by atoms with Crippen LogP contribution in [0.1, 0.15) is 40.0 Å². The molecule has 2 aliphatic carbocycles. The lowest BCUT2D eigenvalue weighted by Crippen LogP contribution is -2.38. The second kappa shape index (κ2) is 4.20. The van der Waals surface area contributed by atoms with E-state index in [0.29, 0.717) is 5.92 Å². The molecule has 0 heterocycles. The summed E-state index contributed by atoms with van der Waals surface area (Å²) in [5, 5.41) is 10.3. The fourth-order valence-electron chi connectivity index (χ4n) is 3.59. The molecule has 94 valence electrons. The Morgan fingerprint density at radius 3 is 2.71 bits per heavy atom. The van der Waals surface area contributed by atoms with Gasteiger partial charge in [-0.15, -0.1) is 0 Å². The highest BCUT2D eigenvalue weighted by atomic mass is 32.2. The zero-order chi connectivity index (χ0) is 12.7. The molecular weight excluding hydrogens is 234 g/mol. The van der Waals surface area contributed by atoms with Gasteiger partial charge in [-0.3, -0.25) is 4.79 Å². The molecule has 0 N–H and O–H groups in total. The first kappa shape index (κ1) is 12.8. The van der Waals surface area contributed by atoms with E-state index in [1.807, 2.05) is 5.40 Å². The van der Waals surface area contributed by atoms with Crippen molar-refractivity contribution in [3.63, 3.8) is 0 Å². The number of esters is 1. The van der Waals surface area contributed by atoms with Gasteiger partial charge < -0.3 is 4.74 Å². The van der Waals surface area contributed by atoms with Crippen molar-refractivity contribution in [2.75, 3.05) is 5.75 Å². The lowest BCUT2D eigenvalue weighted by Gasteiger charge is -2.38. The van der Waals surface area contributed by atoms with Gasteiger partial charge in [0.05, 0.1) is 0 Å². The Hall–Kier alpha value is -0.690. The molecule has 2 saturated carbocycles. The van der Waals surface area contributed by atoms with Gasteiger partial charge in [-0.25, -0.2) is 0 Å². The van der Waals surface area contributed by atoms with Crippen molar-refractivity contribution in [3.8, 4) is 5.40 Å². The molecule has 0 aromatic heterocycles. The Labute approximate surface area is 107 Å². The minimum absolute atomic E-state index is 0.0445. The summed E-state index contributed by atoms with van der Waals surface area (Å²) in [6, 6.07) is 0. The van der Waals surface area contributed by atoms with Crippen molar-refractivity contribution >= 4 is 17.7 Å². The van der Waals surface area contributed by atoms with Crippen LogP contribution in [0.15, 0.2) is 0 Å². The molecule has 4 heteroatoms. The van der Waals surface area contributed by atoms with Crippen LogP contribution in [0.5, 0.6) is 0 Å². The van der Waals surface area contributed by atoms with Crippen molar-refractivity contribution < 1.29 is 9.53 Å². The average Bonchev–Trinajstić information content (AvgIpc) is 2.59. The zero-order valence-electron chi connectivity index (χ0n) is 10.7. The summed E-state index contributed by atoms with van der Waals surface area (Å²) < 4.78 is 5.58. The third-order valence-corrected chi connectivity index (χ3v) is 5.75. The third-order valence-electron chi connectivity index (χ3n) is 5.24. The molecule has 0 unspecified atom stereocenters. The van der Waals surface area contributed by atoms with Crippen LogP contribution < -0.4 is 0 Å². The molecule has 17 heavy (non-hydrogen) atoms.